The molecule has 2 heterocycles. The SMILES string of the molecule is COc1ccc(CO)cc1OCC(=O)N1CCN(Cc2nc3ccccc3n2Cc2ccc(F)cc2)CC1. The summed E-state index contributed by atoms with van der Waals surface area (Å²) in [6, 6.07) is 19.7. The molecule has 8 nitrogen and oxygen atoms in total. The predicted molar refractivity (Wildman–Crippen MR) is 142 cm³/mol. The van der Waals surface area contributed by atoms with Crippen molar-refractivity contribution in [2.24, 2.45) is 0 Å². The van der Waals surface area contributed by atoms with Gasteiger partial charge in [-0.1, -0.05) is 30.3 Å². The smallest absolute Gasteiger partial charge is 0.260 e. The Balaban J connectivity index is 1.21. The van der Waals surface area contributed by atoms with E-state index in [1.54, 1.807) is 35.2 Å². The molecule has 0 bridgehead atoms. The van der Waals surface area contributed by atoms with E-state index in [9.17, 15) is 14.3 Å². The third kappa shape index (κ3) is 5.79. The van der Waals surface area contributed by atoms with Gasteiger partial charge in [-0.2, -0.15) is 0 Å². The normalized spacial score (nSPS) is 14.1. The maximum Gasteiger partial charge on any atom is 0.260 e. The number of benzene rings is 3. The van der Waals surface area contributed by atoms with E-state index in [1.165, 1.54) is 19.2 Å². The number of amides is 1. The lowest BCUT2D eigenvalue weighted by Crippen LogP contribution is -2.49. The van der Waals surface area contributed by atoms with Gasteiger partial charge in [0.2, 0.25) is 0 Å². The van der Waals surface area contributed by atoms with Gasteiger partial charge in [-0.05, 0) is 47.5 Å². The van der Waals surface area contributed by atoms with Gasteiger partial charge in [-0.3, -0.25) is 9.69 Å². The lowest BCUT2D eigenvalue weighted by molar-refractivity contribution is -0.135. The monoisotopic (exact) mass is 518 g/mol. The van der Waals surface area contributed by atoms with Crippen LogP contribution in [0, 0.1) is 5.82 Å². The second-order valence-electron chi connectivity index (χ2n) is 9.32. The number of fused-ring (bicyclic) bond motifs is 1. The first kappa shape index (κ1) is 25.7. The number of hydrogen-bond acceptors (Lipinski definition) is 6. The van der Waals surface area contributed by atoms with Gasteiger partial charge in [0.15, 0.2) is 18.1 Å². The zero-order valence-corrected chi connectivity index (χ0v) is 21.3. The Morgan fingerprint density at radius 2 is 1.68 bits per heavy atom. The highest BCUT2D eigenvalue weighted by atomic mass is 19.1. The molecule has 5 rings (SSSR count). The van der Waals surface area contributed by atoms with Crippen LogP contribution in [0.1, 0.15) is 17.0 Å². The van der Waals surface area contributed by atoms with E-state index in [2.05, 4.69) is 15.5 Å². The van der Waals surface area contributed by atoms with Gasteiger partial charge >= 0.3 is 0 Å². The van der Waals surface area contributed by atoms with Gasteiger partial charge in [0, 0.05) is 32.7 Å². The number of rotatable bonds is 9. The fourth-order valence-electron chi connectivity index (χ4n) is 4.71. The van der Waals surface area contributed by atoms with Gasteiger partial charge in [-0.15, -0.1) is 0 Å². The van der Waals surface area contributed by atoms with Crippen molar-refractivity contribution in [3.63, 3.8) is 0 Å². The predicted octanol–water partition coefficient (Wildman–Crippen LogP) is 3.45. The van der Waals surface area contributed by atoms with E-state index in [1.807, 2.05) is 18.2 Å². The number of carbonyl (C=O) groups excluding carboxylic acids is 1. The summed E-state index contributed by atoms with van der Waals surface area (Å²) < 4.78 is 26.6. The highest BCUT2D eigenvalue weighted by Gasteiger charge is 2.23. The number of carbonyl (C=O) groups is 1. The number of ether oxygens (including phenoxy) is 2. The molecule has 1 aliphatic rings. The molecule has 0 aliphatic carbocycles. The molecule has 0 atom stereocenters. The molecule has 1 aromatic heterocycles. The van der Waals surface area contributed by atoms with Crippen molar-refractivity contribution >= 4 is 16.9 Å². The summed E-state index contributed by atoms with van der Waals surface area (Å²) in [6.45, 7) is 3.66. The number of aliphatic hydroxyl groups is 1. The molecule has 38 heavy (non-hydrogen) atoms. The lowest BCUT2D eigenvalue weighted by atomic mass is 10.2. The van der Waals surface area contributed by atoms with Crippen LogP contribution in [-0.4, -0.2) is 70.3 Å². The largest absolute Gasteiger partial charge is 0.493 e. The molecule has 198 valence electrons. The fraction of sp³-hybridized carbons (Fsp3) is 0.310. The van der Waals surface area contributed by atoms with E-state index in [0.717, 1.165) is 35.5 Å². The van der Waals surface area contributed by atoms with Crippen LogP contribution in [0.3, 0.4) is 0 Å². The fourth-order valence-corrected chi connectivity index (χ4v) is 4.71. The first-order valence-electron chi connectivity index (χ1n) is 12.6. The second kappa shape index (κ2) is 11.6. The summed E-state index contributed by atoms with van der Waals surface area (Å²) in [7, 11) is 1.54. The molecular formula is C29H31FN4O4. The van der Waals surface area contributed by atoms with Crippen LogP contribution in [0.25, 0.3) is 11.0 Å². The van der Waals surface area contributed by atoms with Gasteiger partial charge < -0.3 is 24.0 Å². The van der Waals surface area contributed by atoms with Crippen LogP contribution >= 0.6 is 0 Å². The molecule has 9 heteroatoms. The van der Waals surface area contributed by atoms with Gasteiger partial charge in [0.05, 0.1) is 31.3 Å². The summed E-state index contributed by atoms with van der Waals surface area (Å²) >= 11 is 0. The number of para-hydroxylation sites is 2. The Morgan fingerprint density at radius 1 is 0.947 bits per heavy atom. The number of aliphatic hydroxyl groups excluding tert-OH is 1. The van der Waals surface area contributed by atoms with Crippen molar-refractivity contribution in [3.05, 3.63) is 89.5 Å². The van der Waals surface area contributed by atoms with Gasteiger partial charge in [0.1, 0.15) is 11.6 Å². The second-order valence-corrected chi connectivity index (χ2v) is 9.32. The summed E-state index contributed by atoms with van der Waals surface area (Å²) in [5.41, 5.74) is 3.66. The molecule has 1 N–H and O–H groups in total. The first-order chi connectivity index (χ1) is 18.5. The van der Waals surface area contributed by atoms with Crippen molar-refractivity contribution in [2.75, 3.05) is 39.9 Å². The van der Waals surface area contributed by atoms with Crippen LogP contribution in [0.5, 0.6) is 11.5 Å². The third-order valence-electron chi connectivity index (χ3n) is 6.84. The Bertz CT molecular complexity index is 1400. The topological polar surface area (TPSA) is 80.1 Å². The molecule has 0 radical (unpaired) electrons. The number of methoxy groups -OCH3 is 1. The van der Waals surface area contributed by atoms with E-state index < -0.39 is 0 Å². The van der Waals surface area contributed by atoms with Crippen LogP contribution < -0.4 is 9.47 Å². The number of hydrogen-bond donors (Lipinski definition) is 1. The highest BCUT2D eigenvalue weighted by Crippen LogP contribution is 2.28. The van der Waals surface area contributed by atoms with Crippen molar-refractivity contribution in [2.45, 2.75) is 19.7 Å². The van der Waals surface area contributed by atoms with Crippen LogP contribution in [0.4, 0.5) is 4.39 Å². The zero-order valence-electron chi connectivity index (χ0n) is 21.3. The molecule has 1 fully saturated rings. The molecule has 0 saturated carbocycles. The standard InChI is InChI=1S/C29H31FN4O4/c1-37-26-11-8-22(19-35)16-27(26)38-20-29(36)33-14-12-32(13-15-33)18-28-31-24-4-2-3-5-25(24)34(28)17-21-6-9-23(30)10-7-21/h2-11,16,35H,12-15,17-20H2,1H3. The van der Waals surface area contributed by atoms with Gasteiger partial charge in [0.25, 0.3) is 5.91 Å². The molecule has 0 unspecified atom stereocenters. The first-order valence-corrected chi connectivity index (χ1v) is 12.6. The molecule has 1 saturated heterocycles. The average molecular weight is 519 g/mol. The molecule has 0 spiro atoms. The summed E-state index contributed by atoms with van der Waals surface area (Å²) in [4.78, 5) is 21.8. The Labute approximate surface area is 220 Å². The average Bonchev–Trinajstić information content (AvgIpc) is 3.29. The van der Waals surface area contributed by atoms with E-state index in [4.69, 9.17) is 14.5 Å². The molecule has 4 aromatic rings. The van der Waals surface area contributed by atoms with E-state index in [-0.39, 0.29) is 24.9 Å². The van der Waals surface area contributed by atoms with Crippen LogP contribution in [0.15, 0.2) is 66.7 Å². The minimum atomic E-state index is -0.250. The minimum Gasteiger partial charge on any atom is -0.493 e. The number of piperazine rings is 1. The van der Waals surface area contributed by atoms with E-state index >= 15 is 0 Å². The Hall–Kier alpha value is -3.95. The molecule has 1 aliphatic heterocycles. The van der Waals surface area contributed by atoms with Gasteiger partial charge in [-0.25, -0.2) is 9.37 Å². The quantitative estimate of drug-likeness (QED) is 0.366. The number of nitrogens with zero attached hydrogens (tertiary/aromatic N) is 4. The maximum atomic E-state index is 13.4. The summed E-state index contributed by atoms with van der Waals surface area (Å²) in [5.74, 6) is 1.55. The van der Waals surface area contributed by atoms with Crippen LogP contribution in [0.2, 0.25) is 0 Å². The van der Waals surface area contributed by atoms with Crippen molar-refractivity contribution < 1.29 is 23.8 Å². The van der Waals surface area contributed by atoms with Crippen molar-refractivity contribution in [1.82, 2.24) is 19.4 Å². The Kier molecular flexibility index (Phi) is 7.86. The molecule has 1 amide bonds. The minimum absolute atomic E-state index is 0.0929. The van der Waals surface area contributed by atoms with E-state index in [0.29, 0.717) is 43.2 Å². The summed E-state index contributed by atoms with van der Waals surface area (Å²) in [6.07, 6.45) is 0. The number of halogens is 1. The van der Waals surface area contributed by atoms with Crippen molar-refractivity contribution in [1.29, 1.82) is 0 Å². The molecule has 3 aromatic carbocycles. The maximum absolute atomic E-state index is 13.4. The molecular weight excluding hydrogens is 487 g/mol. The Morgan fingerprint density at radius 3 is 2.42 bits per heavy atom. The number of aromatic nitrogens is 2. The summed E-state index contributed by atoms with van der Waals surface area (Å²) in [5, 5.41) is 9.38. The third-order valence-corrected chi connectivity index (χ3v) is 6.84. The lowest BCUT2D eigenvalue weighted by Gasteiger charge is -2.34. The zero-order chi connectivity index (χ0) is 26.5. The van der Waals surface area contributed by atoms with Crippen LogP contribution in [-0.2, 0) is 24.5 Å². The number of imidazole rings is 1. The van der Waals surface area contributed by atoms with Crippen molar-refractivity contribution in [3.8, 4) is 11.5 Å². The highest BCUT2D eigenvalue weighted by molar-refractivity contribution is 5.78.